The molecule has 2 unspecified atom stereocenters. The summed E-state index contributed by atoms with van der Waals surface area (Å²) in [6, 6.07) is 0. The Morgan fingerprint density at radius 3 is 1.21 bits per heavy atom. The average molecular weight is 980 g/mol. The number of quaternary nitrogens is 1. The molecule has 0 radical (unpaired) electrons. The molecule has 2 atom stereocenters. The second kappa shape index (κ2) is 50.2. The highest BCUT2D eigenvalue weighted by Crippen LogP contribution is 2.38. The molecule has 0 saturated heterocycles. The van der Waals surface area contributed by atoms with Crippen LogP contribution < -0.4 is 4.89 Å². The Morgan fingerprint density at radius 1 is 0.456 bits per heavy atom. The molecule has 0 fully saturated rings. The molecule has 68 heavy (non-hydrogen) atoms. The lowest BCUT2D eigenvalue weighted by atomic mass is 10.0. The van der Waals surface area contributed by atoms with Crippen molar-refractivity contribution in [2.24, 2.45) is 0 Å². The third kappa shape index (κ3) is 53.6. The number of allylic oxidation sites excluding steroid dienone is 6. The van der Waals surface area contributed by atoms with E-state index in [-0.39, 0.29) is 32.0 Å². The molecule has 0 bridgehead atoms. The predicted molar refractivity (Wildman–Crippen MR) is 287 cm³/mol. The highest BCUT2D eigenvalue weighted by Gasteiger charge is 2.22. The van der Waals surface area contributed by atoms with Gasteiger partial charge < -0.3 is 27.9 Å². The molecule has 10 heteroatoms. The van der Waals surface area contributed by atoms with Gasteiger partial charge in [0.25, 0.3) is 7.82 Å². The topological polar surface area (TPSA) is 111 Å². The normalized spacial score (nSPS) is 13.6. The standard InChI is InChI=1S/C58H110NO8P/c1-6-8-10-12-14-16-18-20-22-24-26-27-28-29-30-31-33-34-36-38-40-42-44-46-48-50-57(60)64-54-56(55-66-68(62,63)65-53-52-59(3,4)5)67-58(61)51-49-47-45-43-41-39-37-35-32-25-23-21-19-17-15-13-11-9-7-2/h15,17,21,23-24,26,56H,6-14,16,18-20,22,25,27-55H2,1-5H3/b17-15-,23-21-,26-24-. The van der Waals surface area contributed by atoms with Crippen LogP contribution in [0.1, 0.15) is 271 Å². The van der Waals surface area contributed by atoms with E-state index in [0.717, 1.165) is 51.4 Å². The Bertz CT molecular complexity index is 1250. The van der Waals surface area contributed by atoms with Gasteiger partial charge in [-0.05, 0) is 70.6 Å². The zero-order chi connectivity index (χ0) is 49.9. The fourth-order valence-corrected chi connectivity index (χ4v) is 8.88. The summed E-state index contributed by atoms with van der Waals surface area (Å²) < 4.78 is 34.1. The van der Waals surface area contributed by atoms with Crippen molar-refractivity contribution in [1.82, 2.24) is 0 Å². The molecule has 0 spiro atoms. The second-order valence-corrected chi connectivity index (χ2v) is 22.1. The Balaban J connectivity index is 4.14. The minimum Gasteiger partial charge on any atom is -0.756 e. The van der Waals surface area contributed by atoms with E-state index in [4.69, 9.17) is 18.5 Å². The lowest BCUT2D eigenvalue weighted by Gasteiger charge is -2.28. The van der Waals surface area contributed by atoms with E-state index < -0.39 is 26.5 Å². The molecule has 0 amide bonds. The first-order valence-corrected chi connectivity index (χ1v) is 30.2. The minimum absolute atomic E-state index is 0.0308. The maximum absolute atomic E-state index is 12.8. The van der Waals surface area contributed by atoms with Crippen LogP contribution in [0.2, 0.25) is 0 Å². The van der Waals surface area contributed by atoms with Gasteiger partial charge in [-0.1, -0.05) is 224 Å². The summed E-state index contributed by atoms with van der Waals surface area (Å²) in [4.78, 5) is 37.8. The van der Waals surface area contributed by atoms with Gasteiger partial charge in [0.1, 0.15) is 19.8 Å². The van der Waals surface area contributed by atoms with E-state index in [0.29, 0.717) is 17.4 Å². The number of unbranched alkanes of at least 4 members (excludes halogenated alkanes) is 33. The maximum Gasteiger partial charge on any atom is 0.306 e. The smallest absolute Gasteiger partial charge is 0.306 e. The van der Waals surface area contributed by atoms with Crippen molar-refractivity contribution in [2.75, 3.05) is 47.5 Å². The first kappa shape index (κ1) is 66.2. The Hall–Kier alpha value is -1.77. The van der Waals surface area contributed by atoms with Gasteiger partial charge in [-0.2, -0.15) is 0 Å². The highest BCUT2D eigenvalue weighted by atomic mass is 31.2. The zero-order valence-electron chi connectivity index (χ0n) is 45.3. The molecule has 0 aromatic rings. The third-order valence-electron chi connectivity index (χ3n) is 12.6. The second-order valence-electron chi connectivity index (χ2n) is 20.6. The number of carbonyl (C=O) groups is 2. The number of hydrogen-bond donors (Lipinski definition) is 0. The van der Waals surface area contributed by atoms with E-state index in [1.54, 1.807) is 0 Å². The van der Waals surface area contributed by atoms with Crippen molar-refractivity contribution in [3.05, 3.63) is 36.5 Å². The molecule has 9 nitrogen and oxygen atoms in total. The molecule has 0 aromatic heterocycles. The molecule has 0 aliphatic rings. The molecule has 0 heterocycles. The number of ether oxygens (including phenoxy) is 2. The van der Waals surface area contributed by atoms with E-state index in [9.17, 15) is 19.0 Å². The first-order chi connectivity index (χ1) is 33.0. The van der Waals surface area contributed by atoms with Crippen molar-refractivity contribution in [2.45, 2.75) is 277 Å². The van der Waals surface area contributed by atoms with E-state index >= 15 is 0 Å². The molecular weight excluding hydrogens is 870 g/mol. The third-order valence-corrected chi connectivity index (χ3v) is 13.6. The summed E-state index contributed by atoms with van der Waals surface area (Å²) in [6.07, 6.45) is 60.4. The van der Waals surface area contributed by atoms with Crippen LogP contribution in [-0.4, -0.2) is 70.0 Å². The SMILES string of the molecule is CCCCC/C=C\C/C=C\CCCCCCCCCCCC(=O)OC(COC(=O)CCCCCCCCCCCCCCC/C=C\CCCCCCCCCC)COP(=O)([O-])OCC[N+](C)(C)C. The van der Waals surface area contributed by atoms with Gasteiger partial charge in [-0.3, -0.25) is 14.2 Å². The van der Waals surface area contributed by atoms with Crippen LogP contribution in [0.5, 0.6) is 0 Å². The van der Waals surface area contributed by atoms with Gasteiger partial charge in [-0.25, -0.2) is 0 Å². The van der Waals surface area contributed by atoms with Crippen LogP contribution in [0.4, 0.5) is 0 Å². The predicted octanol–water partition coefficient (Wildman–Crippen LogP) is 17.0. The van der Waals surface area contributed by atoms with E-state index in [1.807, 2.05) is 21.1 Å². The molecule has 0 aliphatic carbocycles. The van der Waals surface area contributed by atoms with Crippen molar-refractivity contribution in [3.8, 4) is 0 Å². The number of phosphoric ester groups is 1. The minimum atomic E-state index is -4.63. The largest absolute Gasteiger partial charge is 0.756 e. The average Bonchev–Trinajstić information content (AvgIpc) is 3.30. The van der Waals surface area contributed by atoms with Crippen LogP contribution >= 0.6 is 7.82 Å². The van der Waals surface area contributed by atoms with Gasteiger partial charge >= 0.3 is 11.9 Å². The first-order valence-electron chi connectivity index (χ1n) is 28.7. The summed E-state index contributed by atoms with van der Waals surface area (Å²) in [5.41, 5.74) is 0. The van der Waals surface area contributed by atoms with Crippen LogP contribution in [-0.2, 0) is 32.7 Å². The lowest BCUT2D eigenvalue weighted by Crippen LogP contribution is -2.37. The number of hydrogen-bond acceptors (Lipinski definition) is 8. The summed E-state index contributed by atoms with van der Waals surface area (Å²) in [6.45, 7) is 4.24. The number of phosphoric acid groups is 1. The Morgan fingerprint density at radius 2 is 0.794 bits per heavy atom. The van der Waals surface area contributed by atoms with Gasteiger partial charge in [0.15, 0.2) is 6.10 Å². The number of nitrogens with zero attached hydrogens (tertiary/aromatic N) is 1. The summed E-state index contributed by atoms with van der Waals surface area (Å²) >= 11 is 0. The van der Waals surface area contributed by atoms with Gasteiger partial charge in [0, 0.05) is 12.8 Å². The lowest BCUT2D eigenvalue weighted by molar-refractivity contribution is -0.870. The fourth-order valence-electron chi connectivity index (χ4n) is 8.15. The summed E-state index contributed by atoms with van der Waals surface area (Å²) in [5.74, 6) is -0.828. The fraction of sp³-hybridized carbons (Fsp3) is 0.862. The van der Waals surface area contributed by atoms with Crippen LogP contribution in [0.15, 0.2) is 36.5 Å². The molecule has 0 saturated carbocycles. The zero-order valence-corrected chi connectivity index (χ0v) is 46.2. The van der Waals surface area contributed by atoms with Crippen molar-refractivity contribution < 1.29 is 42.1 Å². The quantitative estimate of drug-likeness (QED) is 0.0195. The van der Waals surface area contributed by atoms with Crippen LogP contribution in [0, 0.1) is 0 Å². The van der Waals surface area contributed by atoms with Gasteiger partial charge in [0.05, 0.1) is 27.7 Å². The molecule has 0 rings (SSSR count). The maximum atomic E-state index is 12.8. The number of carbonyl (C=O) groups excluding carboxylic acids is 2. The Labute approximate surface area is 421 Å². The highest BCUT2D eigenvalue weighted by molar-refractivity contribution is 7.45. The number of likely N-dealkylation sites (N-methyl/N-ethyl adjacent to an activating group) is 1. The van der Waals surface area contributed by atoms with Crippen molar-refractivity contribution in [1.29, 1.82) is 0 Å². The summed E-state index contributed by atoms with van der Waals surface area (Å²) in [5, 5.41) is 0. The molecule has 400 valence electrons. The van der Waals surface area contributed by atoms with Crippen molar-refractivity contribution >= 4 is 19.8 Å². The van der Waals surface area contributed by atoms with E-state index in [2.05, 4.69) is 50.3 Å². The van der Waals surface area contributed by atoms with Crippen LogP contribution in [0.3, 0.4) is 0 Å². The number of esters is 2. The van der Waals surface area contributed by atoms with E-state index in [1.165, 1.54) is 186 Å². The molecular formula is C58H110NO8P. The van der Waals surface area contributed by atoms with Crippen molar-refractivity contribution in [3.63, 3.8) is 0 Å². The molecule has 0 aliphatic heterocycles. The molecule has 0 aromatic carbocycles. The summed E-state index contributed by atoms with van der Waals surface area (Å²) in [7, 11) is 1.17. The monoisotopic (exact) mass is 980 g/mol. The van der Waals surface area contributed by atoms with Gasteiger partial charge in [0.2, 0.25) is 0 Å². The Kier molecular flexibility index (Phi) is 48.9. The van der Waals surface area contributed by atoms with Gasteiger partial charge in [-0.15, -0.1) is 0 Å². The molecule has 0 N–H and O–H groups in total. The van der Waals surface area contributed by atoms with Crippen LogP contribution in [0.25, 0.3) is 0 Å². The number of rotatable bonds is 53.